The number of aliphatic hydroxyl groups excluding tert-OH is 1. The third-order valence-electron chi connectivity index (χ3n) is 4.12. The van der Waals surface area contributed by atoms with Crippen molar-refractivity contribution in [3.8, 4) is 0 Å². The molecule has 10 nitrogen and oxygen atoms in total. The molecule has 5 atom stereocenters. The molecule has 1 N–H and O–H groups in total. The minimum atomic E-state index is -1.82. The van der Waals surface area contributed by atoms with Crippen LogP contribution in [0.1, 0.15) is 41.5 Å². The highest BCUT2D eigenvalue weighted by atomic mass is 16.7. The highest BCUT2D eigenvalue weighted by Crippen LogP contribution is 2.30. The molecular weight excluding hydrogens is 388 g/mol. The smallest absolute Gasteiger partial charge is 0.339 e. The summed E-state index contributed by atoms with van der Waals surface area (Å²) in [4.78, 5) is 48.7. The zero-order valence-corrected chi connectivity index (χ0v) is 17.7. The van der Waals surface area contributed by atoms with E-state index in [1.165, 1.54) is 0 Å². The standard InChI is InChI=1S/C19H30O10/c1-8(2)15(20)26-11-12(27-16(21)9(3)4)14(28-17(22)10(5)6)19(24)29-13(11)18(23)25-7/h8-14,19,24H,1-7H3/t11-,12-,13?,14-,19+/m0/s1. The number of esters is 4. The number of methoxy groups -OCH3 is 1. The first-order valence-electron chi connectivity index (χ1n) is 9.43. The van der Waals surface area contributed by atoms with Crippen molar-refractivity contribution in [2.75, 3.05) is 7.11 Å². The second-order valence-electron chi connectivity index (χ2n) is 7.64. The Kier molecular flexibility index (Phi) is 9.03. The topological polar surface area (TPSA) is 135 Å². The molecule has 0 aliphatic carbocycles. The fourth-order valence-electron chi connectivity index (χ4n) is 2.33. The normalized spacial score (nSPS) is 26.9. The molecule has 1 aliphatic rings. The van der Waals surface area contributed by atoms with Gasteiger partial charge in [-0.15, -0.1) is 0 Å². The molecule has 0 spiro atoms. The van der Waals surface area contributed by atoms with E-state index in [2.05, 4.69) is 4.74 Å². The maximum atomic E-state index is 12.3. The van der Waals surface area contributed by atoms with Gasteiger partial charge in [0.1, 0.15) is 0 Å². The van der Waals surface area contributed by atoms with Crippen LogP contribution in [0.4, 0.5) is 0 Å². The van der Waals surface area contributed by atoms with E-state index in [9.17, 15) is 24.3 Å². The molecule has 10 heteroatoms. The van der Waals surface area contributed by atoms with Gasteiger partial charge in [0.2, 0.25) is 0 Å². The van der Waals surface area contributed by atoms with Crippen molar-refractivity contribution >= 4 is 23.9 Å². The lowest BCUT2D eigenvalue weighted by molar-refractivity contribution is -0.292. The van der Waals surface area contributed by atoms with E-state index < -0.39 is 72.3 Å². The number of hydrogen-bond donors (Lipinski definition) is 1. The summed E-state index contributed by atoms with van der Waals surface area (Å²) in [5, 5.41) is 10.4. The molecule has 0 radical (unpaired) electrons. The van der Waals surface area contributed by atoms with Crippen LogP contribution in [0.2, 0.25) is 0 Å². The zero-order chi connectivity index (χ0) is 22.5. The Morgan fingerprint density at radius 1 is 0.724 bits per heavy atom. The summed E-state index contributed by atoms with van der Waals surface area (Å²) < 4.78 is 25.9. The van der Waals surface area contributed by atoms with Crippen LogP contribution < -0.4 is 0 Å². The number of ether oxygens (including phenoxy) is 5. The fraction of sp³-hybridized carbons (Fsp3) is 0.789. The minimum absolute atomic E-state index is 0.557. The van der Waals surface area contributed by atoms with E-state index in [0.29, 0.717) is 0 Å². The Hall–Kier alpha value is -2.20. The van der Waals surface area contributed by atoms with Crippen molar-refractivity contribution < 1.29 is 48.0 Å². The lowest BCUT2D eigenvalue weighted by Gasteiger charge is -2.42. The monoisotopic (exact) mass is 418 g/mol. The molecule has 1 fully saturated rings. The van der Waals surface area contributed by atoms with Crippen LogP contribution in [0, 0.1) is 17.8 Å². The van der Waals surface area contributed by atoms with Gasteiger partial charge in [0.05, 0.1) is 24.9 Å². The molecule has 1 aliphatic heterocycles. The number of carbonyl (C=O) groups excluding carboxylic acids is 4. The molecule has 0 aromatic carbocycles. The van der Waals surface area contributed by atoms with Gasteiger partial charge in [-0.3, -0.25) is 14.4 Å². The largest absolute Gasteiger partial charge is 0.467 e. The number of carbonyl (C=O) groups is 4. The Morgan fingerprint density at radius 3 is 1.48 bits per heavy atom. The number of hydrogen-bond acceptors (Lipinski definition) is 10. The van der Waals surface area contributed by atoms with E-state index in [0.717, 1.165) is 7.11 Å². The molecule has 0 bridgehead atoms. The summed E-state index contributed by atoms with van der Waals surface area (Å²) in [5.74, 6) is -4.77. The Balaban J connectivity index is 3.37. The summed E-state index contributed by atoms with van der Waals surface area (Å²) in [7, 11) is 1.08. The average molecular weight is 418 g/mol. The maximum absolute atomic E-state index is 12.3. The molecule has 1 rings (SSSR count). The van der Waals surface area contributed by atoms with Crippen molar-refractivity contribution in [3.63, 3.8) is 0 Å². The van der Waals surface area contributed by atoms with Crippen LogP contribution in [0.25, 0.3) is 0 Å². The Labute approximate surface area is 169 Å². The van der Waals surface area contributed by atoms with Gasteiger partial charge < -0.3 is 28.8 Å². The number of rotatable bonds is 7. The molecule has 166 valence electrons. The molecular formula is C19H30O10. The van der Waals surface area contributed by atoms with Gasteiger partial charge in [-0.2, -0.15) is 0 Å². The van der Waals surface area contributed by atoms with E-state index in [1.54, 1.807) is 41.5 Å². The molecule has 1 unspecified atom stereocenters. The Bertz CT molecular complexity index is 612. The van der Waals surface area contributed by atoms with E-state index in [-0.39, 0.29) is 0 Å². The first-order chi connectivity index (χ1) is 13.4. The summed E-state index contributed by atoms with van der Waals surface area (Å²) in [5.41, 5.74) is 0. The van der Waals surface area contributed by atoms with Gasteiger partial charge in [0.25, 0.3) is 0 Å². The maximum Gasteiger partial charge on any atom is 0.339 e. The van der Waals surface area contributed by atoms with Crippen LogP contribution in [0.5, 0.6) is 0 Å². The Morgan fingerprint density at radius 2 is 1.10 bits per heavy atom. The molecule has 0 aromatic heterocycles. The highest BCUT2D eigenvalue weighted by molar-refractivity contribution is 5.78. The van der Waals surface area contributed by atoms with Crippen molar-refractivity contribution in [1.29, 1.82) is 0 Å². The van der Waals surface area contributed by atoms with Crippen molar-refractivity contribution in [1.82, 2.24) is 0 Å². The van der Waals surface area contributed by atoms with Crippen LogP contribution >= 0.6 is 0 Å². The van der Waals surface area contributed by atoms with Crippen molar-refractivity contribution in [2.45, 2.75) is 72.2 Å². The lowest BCUT2D eigenvalue weighted by Crippen LogP contribution is -2.63. The van der Waals surface area contributed by atoms with Crippen molar-refractivity contribution in [3.05, 3.63) is 0 Å². The molecule has 1 saturated heterocycles. The number of aliphatic hydroxyl groups is 1. The predicted molar refractivity (Wildman–Crippen MR) is 97.0 cm³/mol. The second-order valence-corrected chi connectivity index (χ2v) is 7.64. The molecule has 1 heterocycles. The minimum Gasteiger partial charge on any atom is -0.467 e. The van der Waals surface area contributed by atoms with Gasteiger partial charge in [0.15, 0.2) is 30.7 Å². The fourth-order valence-corrected chi connectivity index (χ4v) is 2.33. The van der Waals surface area contributed by atoms with E-state index >= 15 is 0 Å². The summed E-state index contributed by atoms with van der Waals surface area (Å²) in [6.45, 7) is 9.42. The van der Waals surface area contributed by atoms with E-state index in [1.807, 2.05) is 0 Å². The van der Waals surface area contributed by atoms with Gasteiger partial charge >= 0.3 is 23.9 Å². The summed E-state index contributed by atoms with van der Waals surface area (Å²) >= 11 is 0. The van der Waals surface area contributed by atoms with Gasteiger partial charge in [-0.1, -0.05) is 41.5 Å². The van der Waals surface area contributed by atoms with Crippen LogP contribution in [-0.2, 0) is 42.9 Å². The van der Waals surface area contributed by atoms with Crippen LogP contribution in [0.3, 0.4) is 0 Å². The van der Waals surface area contributed by atoms with Crippen LogP contribution in [-0.4, -0.2) is 66.8 Å². The van der Waals surface area contributed by atoms with Crippen molar-refractivity contribution in [2.24, 2.45) is 17.8 Å². The van der Waals surface area contributed by atoms with E-state index in [4.69, 9.17) is 18.9 Å². The second kappa shape index (κ2) is 10.5. The first kappa shape index (κ1) is 24.8. The van der Waals surface area contributed by atoms with Crippen LogP contribution in [0.15, 0.2) is 0 Å². The molecule has 0 aromatic rings. The lowest BCUT2D eigenvalue weighted by atomic mass is 9.97. The SMILES string of the molecule is COC(=O)C1O[C@@H](O)[C@@H](OC(=O)C(C)C)[C@@H](OC(=O)C(C)C)[C@@H]1OC(=O)C(C)C. The van der Waals surface area contributed by atoms with Gasteiger partial charge in [-0.25, -0.2) is 4.79 Å². The summed E-state index contributed by atoms with van der Waals surface area (Å²) in [6.07, 6.45) is -7.90. The average Bonchev–Trinajstić information content (AvgIpc) is 2.64. The predicted octanol–water partition coefficient (Wildman–Crippen LogP) is 0.580. The third kappa shape index (κ3) is 6.40. The van der Waals surface area contributed by atoms with Gasteiger partial charge in [-0.05, 0) is 0 Å². The highest BCUT2D eigenvalue weighted by Gasteiger charge is 2.55. The molecule has 0 saturated carbocycles. The first-order valence-corrected chi connectivity index (χ1v) is 9.43. The zero-order valence-electron chi connectivity index (χ0n) is 17.7. The third-order valence-corrected chi connectivity index (χ3v) is 4.12. The quantitative estimate of drug-likeness (QED) is 0.462. The molecule has 29 heavy (non-hydrogen) atoms. The van der Waals surface area contributed by atoms with Gasteiger partial charge in [0, 0.05) is 0 Å². The molecule has 0 amide bonds. The summed E-state index contributed by atoms with van der Waals surface area (Å²) in [6, 6.07) is 0.